The van der Waals surface area contributed by atoms with Gasteiger partial charge in [-0.25, -0.2) is 0 Å². The van der Waals surface area contributed by atoms with Crippen molar-refractivity contribution in [3.05, 3.63) is 34.9 Å². The van der Waals surface area contributed by atoms with Gasteiger partial charge in [0.25, 0.3) is 0 Å². The molecule has 0 bridgehead atoms. The van der Waals surface area contributed by atoms with Crippen molar-refractivity contribution in [3.63, 3.8) is 0 Å². The van der Waals surface area contributed by atoms with E-state index < -0.39 is 0 Å². The molecule has 3 heteroatoms. The summed E-state index contributed by atoms with van der Waals surface area (Å²) in [7, 11) is 0. The van der Waals surface area contributed by atoms with Crippen molar-refractivity contribution < 1.29 is 0 Å². The average molecular weight is 273 g/mol. The highest BCUT2D eigenvalue weighted by molar-refractivity contribution is 5.33. The van der Waals surface area contributed by atoms with Crippen molar-refractivity contribution in [2.24, 2.45) is 0 Å². The Morgan fingerprint density at radius 1 is 1.15 bits per heavy atom. The molecule has 3 nitrogen and oxygen atoms in total. The Morgan fingerprint density at radius 2 is 1.95 bits per heavy atom. The first-order valence-corrected chi connectivity index (χ1v) is 7.96. The number of likely N-dealkylation sites (tertiary alicyclic amines) is 1. The number of benzene rings is 1. The molecule has 1 aromatic rings. The summed E-state index contributed by atoms with van der Waals surface area (Å²) >= 11 is 0. The maximum Gasteiger partial charge on any atom is 0.0237 e. The molecule has 0 aliphatic carbocycles. The fraction of sp³-hybridized carbons (Fsp3) is 0.647. The van der Waals surface area contributed by atoms with Gasteiger partial charge in [0, 0.05) is 51.9 Å². The van der Waals surface area contributed by atoms with Gasteiger partial charge in [0.2, 0.25) is 0 Å². The van der Waals surface area contributed by atoms with Crippen molar-refractivity contribution in [3.8, 4) is 0 Å². The van der Waals surface area contributed by atoms with E-state index in [9.17, 15) is 0 Å². The Hall–Kier alpha value is -0.900. The highest BCUT2D eigenvalue weighted by Gasteiger charge is 2.28. The lowest BCUT2D eigenvalue weighted by Gasteiger charge is -2.32. The molecule has 20 heavy (non-hydrogen) atoms. The molecule has 0 radical (unpaired) electrons. The van der Waals surface area contributed by atoms with E-state index in [1.807, 2.05) is 0 Å². The van der Waals surface area contributed by atoms with Crippen molar-refractivity contribution in [2.45, 2.75) is 32.9 Å². The molecule has 2 saturated heterocycles. The van der Waals surface area contributed by atoms with Gasteiger partial charge >= 0.3 is 0 Å². The summed E-state index contributed by atoms with van der Waals surface area (Å²) in [6.45, 7) is 12.9. The molecule has 0 saturated carbocycles. The number of rotatable bonds is 3. The van der Waals surface area contributed by atoms with Gasteiger partial charge < -0.3 is 5.32 Å². The minimum atomic E-state index is 0.780. The van der Waals surface area contributed by atoms with E-state index in [4.69, 9.17) is 0 Å². The van der Waals surface area contributed by atoms with Crippen LogP contribution >= 0.6 is 0 Å². The second kappa shape index (κ2) is 6.25. The maximum absolute atomic E-state index is 3.45. The van der Waals surface area contributed by atoms with Crippen molar-refractivity contribution in [1.29, 1.82) is 0 Å². The molecule has 1 aromatic carbocycles. The van der Waals surface area contributed by atoms with Crippen LogP contribution in [0.5, 0.6) is 0 Å². The van der Waals surface area contributed by atoms with Crippen LogP contribution in [0.1, 0.15) is 23.1 Å². The van der Waals surface area contributed by atoms with Crippen molar-refractivity contribution >= 4 is 0 Å². The minimum Gasteiger partial charge on any atom is -0.314 e. The lowest BCUT2D eigenvalue weighted by molar-refractivity contribution is 0.170. The number of hydrogen-bond donors (Lipinski definition) is 1. The smallest absolute Gasteiger partial charge is 0.0237 e. The van der Waals surface area contributed by atoms with Gasteiger partial charge in [-0.15, -0.1) is 0 Å². The Bertz CT molecular complexity index is 452. The lowest BCUT2D eigenvalue weighted by Crippen LogP contribution is -2.49. The van der Waals surface area contributed by atoms with E-state index in [1.165, 1.54) is 49.3 Å². The summed E-state index contributed by atoms with van der Waals surface area (Å²) in [4.78, 5) is 5.31. The van der Waals surface area contributed by atoms with Crippen LogP contribution in [0.2, 0.25) is 0 Å². The topological polar surface area (TPSA) is 18.5 Å². The molecule has 2 aliphatic heterocycles. The largest absolute Gasteiger partial charge is 0.314 e. The highest BCUT2D eigenvalue weighted by atomic mass is 15.3. The molecule has 1 unspecified atom stereocenters. The number of nitrogens with zero attached hydrogens (tertiary/aromatic N) is 2. The summed E-state index contributed by atoms with van der Waals surface area (Å²) in [5.74, 6) is 0. The zero-order chi connectivity index (χ0) is 13.9. The minimum absolute atomic E-state index is 0.780. The fourth-order valence-corrected chi connectivity index (χ4v) is 3.53. The van der Waals surface area contributed by atoms with Crippen LogP contribution < -0.4 is 5.32 Å². The van der Waals surface area contributed by atoms with E-state index in [-0.39, 0.29) is 0 Å². The third-order valence-corrected chi connectivity index (χ3v) is 5.03. The van der Waals surface area contributed by atoms with E-state index in [0.717, 1.165) is 25.7 Å². The van der Waals surface area contributed by atoms with Crippen LogP contribution in [-0.2, 0) is 6.54 Å². The molecule has 3 rings (SSSR count). The van der Waals surface area contributed by atoms with E-state index >= 15 is 0 Å². The molecular formula is C17H27N3. The molecule has 2 aliphatic rings. The summed E-state index contributed by atoms with van der Waals surface area (Å²) in [6.07, 6.45) is 1.34. The fourth-order valence-electron chi connectivity index (χ4n) is 3.53. The molecule has 1 N–H and O–H groups in total. The highest BCUT2D eigenvalue weighted by Crippen LogP contribution is 2.21. The quantitative estimate of drug-likeness (QED) is 0.906. The normalized spacial score (nSPS) is 25.2. The zero-order valence-electron chi connectivity index (χ0n) is 12.9. The van der Waals surface area contributed by atoms with Crippen LogP contribution in [0.15, 0.2) is 18.2 Å². The maximum atomic E-state index is 3.45. The van der Waals surface area contributed by atoms with Gasteiger partial charge in [-0.3, -0.25) is 9.80 Å². The molecule has 2 heterocycles. The summed E-state index contributed by atoms with van der Waals surface area (Å²) in [6, 6.07) is 7.48. The first-order chi connectivity index (χ1) is 9.74. The zero-order valence-corrected chi connectivity index (χ0v) is 12.9. The lowest BCUT2D eigenvalue weighted by atomic mass is 10.0. The predicted octanol–water partition coefficient (Wildman–Crippen LogP) is 1.78. The van der Waals surface area contributed by atoms with Crippen LogP contribution in [0.3, 0.4) is 0 Å². The van der Waals surface area contributed by atoms with Gasteiger partial charge in [0.15, 0.2) is 0 Å². The molecule has 0 amide bonds. The molecule has 0 aromatic heterocycles. The molecule has 110 valence electrons. The SMILES string of the molecule is Cc1cccc(CN2CCC(N3CCNCC3)C2)c1C. The van der Waals surface area contributed by atoms with Crippen molar-refractivity contribution in [2.75, 3.05) is 39.3 Å². The van der Waals surface area contributed by atoms with Crippen LogP contribution in [0, 0.1) is 13.8 Å². The predicted molar refractivity (Wildman–Crippen MR) is 84.0 cm³/mol. The average Bonchev–Trinajstić information content (AvgIpc) is 2.93. The Balaban J connectivity index is 1.58. The standard InChI is InChI=1S/C17H27N3/c1-14-4-3-5-16(15(14)2)12-19-9-6-17(13-19)20-10-7-18-8-11-20/h3-5,17-18H,6-13H2,1-2H3. The van der Waals surface area contributed by atoms with Crippen LogP contribution in [0.4, 0.5) is 0 Å². The van der Waals surface area contributed by atoms with Gasteiger partial charge in [-0.1, -0.05) is 18.2 Å². The molecule has 1 atom stereocenters. The first kappa shape index (κ1) is 14.1. The van der Waals surface area contributed by atoms with Crippen LogP contribution in [-0.4, -0.2) is 55.1 Å². The number of aryl methyl sites for hydroxylation is 1. The number of nitrogens with one attached hydrogen (secondary N) is 1. The summed E-state index contributed by atoms with van der Waals surface area (Å²) in [5.41, 5.74) is 4.39. The second-order valence-electron chi connectivity index (χ2n) is 6.32. The van der Waals surface area contributed by atoms with Crippen LogP contribution in [0.25, 0.3) is 0 Å². The van der Waals surface area contributed by atoms with E-state index in [0.29, 0.717) is 0 Å². The van der Waals surface area contributed by atoms with Gasteiger partial charge in [-0.2, -0.15) is 0 Å². The van der Waals surface area contributed by atoms with E-state index in [1.54, 1.807) is 0 Å². The summed E-state index contributed by atoms with van der Waals surface area (Å²) < 4.78 is 0. The number of hydrogen-bond acceptors (Lipinski definition) is 3. The third-order valence-electron chi connectivity index (χ3n) is 5.03. The second-order valence-corrected chi connectivity index (χ2v) is 6.32. The van der Waals surface area contributed by atoms with Gasteiger partial charge in [0.05, 0.1) is 0 Å². The molecule has 0 spiro atoms. The Labute approximate surface area is 123 Å². The van der Waals surface area contributed by atoms with Gasteiger partial charge in [0.1, 0.15) is 0 Å². The van der Waals surface area contributed by atoms with Crippen molar-refractivity contribution in [1.82, 2.24) is 15.1 Å². The summed E-state index contributed by atoms with van der Waals surface area (Å²) in [5, 5.41) is 3.45. The third kappa shape index (κ3) is 3.05. The first-order valence-electron chi connectivity index (χ1n) is 7.96. The van der Waals surface area contributed by atoms with E-state index in [2.05, 4.69) is 47.2 Å². The molecule has 2 fully saturated rings. The Morgan fingerprint density at radius 3 is 2.75 bits per heavy atom. The molecular weight excluding hydrogens is 246 g/mol. The monoisotopic (exact) mass is 273 g/mol. The Kier molecular flexibility index (Phi) is 4.39. The van der Waals surface area contributed by atoms with Gasteiger partial charge in [-0.05, 0) is 37.0 Å². The number of piperazine rings is 1.